The number of allylic oxidation sites excluding steroid dienone is 2. The van der Waals surface area contributed by atoms with Gasteiger partial charge in [0.05, 0.1) is 0 Å². The van der Waals surface area contributed by atoms with E-state index in [1.54, 1.807) is 0 Å². The molecular weight excluding hydrogens is 160 g/mol. The van der Waals surface area contributed by atoms with E-state index in [0.717, 1.165) is 12.8 Å². The molecule has 0 heterocycles. The van der Waals surface area contributed by atoms with Crippen molar-refractivity contribution in [3.05, 3.63) is 11.6 Å². The number of rotatable bonds is 0. The Balaban J connectivity index is 2.57. The minimum absolute atomic E-state index is 0.0612. The molecule has 0 aliphatic heterocycles. The van der Waals surface area contributed by atoms with Gasteiger partial charge in [0.1, 0.15) is 5.78 Å². The van der Waals surface area contributed by atoms with E-state index < -0.39 is 0 Å². The van der Waals surface area contributed by atoms with Crippen molar-refractivity contribution in [1.82, 2.24) is 0 Å². The van der Waals surface area contributed by atoms with E-state index in [2.05, 4.69) is 6.92 Å². The lowest BCUT2D eigenvalue weighted by Gasteiger charge is -2.11. The van der Waals surface area contributed by atoms with Gasteiger partial charge in [-0.25, -0.2) is 0 Å². The maximum atomic E-state index is 11.1. The van der Waals surface area contributed by atoms with Crippen LogP contribution >= 0.6 is 11.6 Å². The fraction of sp³-hybridized carbons (Fsp3) is 0.667. The number of Topliss-reactive ketones (excluding diaryl/α,β-unsaturated/α-hetero) is 1. The second-order valence-electron chi connectivity index (χ2n) is 3.13. The molecule has 1 unspecified atom stereocenters. The molecule has 1 atom stereocenters. The summed E-state index contributed by atoms with van der Waals surface area (Å²) in [5, 5.41) is 0.0612. The van der Waals surface area contributed by atoms with Crippen molar-refractivity contribution < 1.29 is 4.79 Å². The number of halogens is 1. The largest absolute Gasteiger partial charge is 0.299 e. The van der Waals surface area contributed by atoms with Gasteiger partial charge >= 0.3 is 0 Å². The van der Waals surface area contributed by atoms with E-state index >= 15 is 0 Å². The molecule has 1 aliphatic carbocycles. The van der Waals surface area contributed by atoms with E-state index in [1.807, 2.05) is 6.08 Å². The quantitative estimate of drug-likeness (QED) is 0.406. The molecule has 62 valence electrons. The van der Waals surface area contributed by atoms with Crippen LogP contribution in [-0.2, 0) is 4.79 Å². The molecule has 2 heteroatoms. The molecule has 0 N–H and O–H groups in total. The Morgan fingerprint density at radius 3 is 3.09 bits per heavy atom. The van der Waals surface area contributed by atoms with Crippen LogP contribution in [0.5, 0.6) is 0 Å². The van der Waals surface area contributed by atoms with Crippen molar-refractivity contribution in [1.29, 1.82) is 0 Å². The molecule has 0 amide bonds. The summed E-state index contributed by atoms with van der Waals surface area (Å²) in [5.41, 5.74) is 1.30. The highest BCUT2D eigenvalue weighted by atomic mass is 35.5. The summed E-state index contributed by atoms with van der Waals surface area (Å²) in [5.74, 6) is 0.268. The Morgan fingerprint density at radius 1 is 1.64 bits per heavy atom. The minimum atomic E-state index is 0.0612. The second kappa shape index (κ2) is 3.91. The van der Waals surface area contributed by atoms with Gasteiger partial charge in [-0.1, -0.05) is 11.6 Å². The predicted octanol–water partition coefficient (Wildman–Crippen LogP) is 2.68. The zero-order valence-electron chi connectivity index (χ0n) is 6.77. The SMILES string of the molecule is C/C1=C/CC(=O)CC(Cl)CC1. The molecule has 0 bridgehead atoms. The highest BCUT2D eigenvalue weighted by Crippen LogP contribution is 2.18. The monoisotopic (exact) mass is 172 g/mol. The molecular formula is C9H13ClO. The average Bonchev–Trinajstić information content (AvgIpc) is 1.95. The van der Waals surface area contributed by atoms with Crippen LogP contribution in [0.3, 0.4) is 0 Å². The summed E-state index contributed by atoms with van der Waals surface area (Å²) < 4.78 is 0. The number of carbonyl (C=O) groups excluding carboxylic acids is 1. The predicted molar refractivity (Wildman–Crippen MR) is 46.9 cm³/mol. The van der Waals surface area contributed by atoms with Gasteiger partial charge in [0.15, 0.2) is 0 Å². The number of ketones is 1. The Labute approximate surface area is 72.4 Å². The lowest BCUT2D eigenvalue weighted by atomic mass is 10.00. The van der Waals surface area contributed by atoms with Crippen LogP contribution in [0, 0.1) is 0 Å². The first-order valence-corrected chi connectivity index (χ1v) is 4.43. The number of hydrogen-bond donors (Lipinski definition) is 0. The first kappa shape index (κ1) is 8.79. The van der Waals surface area contributed by atoms with Gasteiger partial charge < -0.3 is 0 Å². The third kappa shape index (κ3) is 3.06. The Bertz CT molecular complexity index is 184. The molecule has 0 spiro atoms. The molecule has 0 aromatic carbocycles. The van der Waals surface area contributed by atoms with Crippen LogP contribution in [0.25, 0.3) is 0 Å². The normalized spacial score (nSPS) is 32.0. The highest BCUT2D eigenvalue weighted by molar-refractivity contribution is 6.21. The van der Waals surface area contributed by atoms with Gasteiger partial charge in [-0.3, -0.25) is 4.79 Å². The van der Waals surface area contributed by atoms with Crippen molar-refractivity contribution in [3.63, 3.8) is 0 Å². The maximum absolute atomic E-state index is 11.1. The Hall–Kier alpha value is -0.300. The number of carbonyl (C=O) groups is 1. The van der Waals surface area contributed by atoms with Crippen LogP contribution < -0.4 is 0 Å². The maximum Gasteiger partial charge on any atom is 0.138 e. The van der Waals surface area contributed by atoms with Crippen LogP contribution in [0.15, 0.2) is 11.6 Å². The van der Waals surface area contributed by atoms with Gasteiger partial charge in [-0.15, -0.1) is 11.6 Å². The van der Waals surface area contributed by atoms with Crippen LogP contribution in [0.4, 0.5) is 0 Å². The zero-order chi connectivity index (χ0) is 8.27. The van der Waals surface area contributed by atoms with Crippen molar-refractivity contribution in [2.75, 3.05) is 0 Å². The van der Waals surface area contributed by atoms with Gasteiger partial charge in [0.25, 0.3) is 0 Å². The van der Waals surface area contributed by atoms with E-state index in [0.29, 0.717) is 12.8 Å². The highest BCUT2D eigenvalue weighted by Gasteiger charge is 2.12. The van der Waals surface area contributed by atoms with Gasteiger partial charge in [0, 0.05) is 18.2 Å². The van der Waals surface area contributed by atoms with Gasteiger partial charge in [-0.2, -0.15) is 0 Å². The smallest absolute Gasteiger partial charge is 0.138 e. The summed E-state index contributed by atoms with van der Waals surface area (Å²) in [6, 6.07) is 0. The molecule has 1 nitrogen and oxygen atoms in total. The average molecular weight is 173 g/mol. The van der Waals surface area contributed by atoms with Crippen LogP contribution in [0.1, 0.15) is 32.6 Å². The van der Waals surface area contributed by atoms with Gasteiger partial charge in [-0.05, 0) is 19.8 Å². The summed E-state index contributed by atoms with van der Waals surface area (Å²) in [6.07, 6.45) is 5.13. The molecule has 0 aromatic rings. The topological polar surface area (TPSA) is 17.1 Å². The Morgan fingerprint density at radius 2 is 2.36 bits per heavy atom. The molecule has 0 saturated carbocycles. The Kier molecular flexibility index (Phi) is 3.13. The summed E-state index contributed by atoms with van der Waals surface area (Å²) in [6.45, 7) is 2.06. The lowest BCUT2D eigenvalue weighted by molar-refractivity contribution is -0.118. The number of hydrogen-bond acceptors (Lipinski definition) is 1. The third-order valence-electron chi connectivity index (χ3n) is 1.98. The lowest BCUT2D eigenvalue weighted by Crippen LogP contribution is -2.09. The molecule has 1 aliphatic rings. The molecule has 0 saturated heterocycles. The van der Waals surface area contributed by atoms with E-state index in [4.69, 9.17) is 11.6 Å². The standard InChI is InChI=1S/C9H13ClO/c1-7-2-4-8(10)6-9(11)5-3-7/h3,8H,2,4-6H2,1H3/b7-3-. The fourth-order valence-corrected chi connectivity index (χ4v) is 1.49. The third-order valence-corrected chi connectivity index (χ3v) is 2.35. The molecule has 0 fully saturated rings. The van der Waals surface area contributed by atoms with E-state index in [-0.39, 0.29) is 11.2 Å². The van der Waals surface area contributed by atoms with E-state index in [9.17, 15) is 4.79 Å². The van der Waals surface area contributed by atoms with Crippen molar-refractivity contribution in [2.45, 2.75) is 38.0 Å². The molecule has 11 heavy (non-hydrogen) atoms. The second-order valence-corrected chi connectivity index (χ2v) is 3.75. The molecule has 0 aromatic heterocycles. The first-order valence-electron chi connectivity index (χ1n) is 4.00. The first-order chi connectivity index (χ1) is 5.18. The fourth-order valence-electron chi connectivity index (χ4n) is 1.21. The summed E-state index contributed by atoms with van der Waals surface area (Å²) in [7, 11) is 0. The molecule has 1 rings (SSSR count). The van der Waals surface area contributed by atoms with E-state index in [1.165, 1.54) is 5.57 Å². The minimum Gasteiger partial charge on any atom is -0.299 e. The van der Waals surface area contributed by atoms with Gasteiger partial charge in [0.2, 0.25) is 0 Å². The zero-order valence-corrected chi connectivity index (χ0v) is 7.53. The van der Waals surface area contributed by atoms with Crippen molar-refractivity contribution >= 4 is 17.4 Å². The molecule has 0 radical (unpaired) electrons. The summed E-state index contributed by atoms with van der Waals surface area (Å²) in [4.78, 5) is 11.1. The number of alkyl halides is 1. The van der Waals surface area contributed by atoms with Crippen LogP contribution in [-0.4, -0.2) is 11.2 Å². The summed E-state index contributed by atoms with van der Waals surface area (Å²) >= 11 is 5.91. The van der Waals surface area contributed by atoms with Crippen molar-refractivity contribution in [3.8, 4) is 0 Å². The van der Waals surface area contributed by atoms with Crippen LogP contribution in [0.2, 0.25) is 0 Å². The van der Waals surface area contributed by atoms with Crippen molar-refractivity contribution in [2.24, 2.45) is 0 Å².